The van der Waals surface area contributed by atoms with Gasteiger partial charge in [0.05, 0.1) is 0 Å². The van der Waals surface area contributed by atoms with Gasteiger partial charge in [0.1, 0.15) is 0 Å². The van der Waals surface area contributed by atoms with Gasteiger partial charge in [-0.2, -0.15) is 0 Å². The third-order valence-electron chi connectivity index (χ3n) is 2.16. The van der Waals surface area contributed by atoms with Gasteiger partial charge in [-0.3, -0.25) is 5.43 Å². The fourth-order valence-corrected chi connectivity index (χ4v) is 1.34. The molecule has 2 rings (SSSR count). The van der Waals surface area contributed by atoms with Crippen molar-refractivity contribution in [1.29, 1.82) is 0 Å². The Morgan fingerprint density at radius 2 is 2.19 bits per heavy atom. The first-order chi connectivity index (χ1) is 7.79. The van der Waals surface area contributed by atoms with Crippen molar-refractivity contribution in [3.05, 3.63) is 23.8 Å². The topological polar surface area (TPSA) is 71.6 Å². The van der Waals surface area contributed by atoms with Crippen LogP contribution in [-0.2, 0) is 6.54 Å². The Labute approximate surface area is 92.9 Å². The molecule has 6 nitrogen and oxygen atoms in total. The van der Waals surface area contributed by atoms with Crippen LogP contribution in [0.2, 0.25) is 0 Å². The lowest BCUT2D eigenvalue weighted by molar-refractivity contribution is 0.174. The standard InChI is InChI=1S/C10H13N3O3/c1-11-10(14)13-12-5-7-2-3-8-9(4-7)16-6-15-8/h2-4,12H,5-6H2,1H3,(H2,11,13,14). The Hall–Kier alpha value is -1.95. The van der Waals surface area contributed by atoms with Crippen LogP contribution in [-0.4, -0.2) is 19.9 Å². The zero-order valence-corrected chi connectivity index (χ0v) is 8.87. The number of hydrogen-bond acceptors (Lipinski definition) is 4. The van der Waals surface area contributed by atoms with Crippen LogP contribution in [0.5, 0.6) is 11.5 Å². The Kier molecular flexibility index (Phi) is 3.11. The molecule has 16 heavy (non-hydrogen) atoms. The molecule has 1 aromatic carbocycles. The quantitative estimate of drug-likeness (QED) is 0.646. The molecule has 0 spiro atoms. The summed E-state index contributed by atoms with van der Waals surface area (Å²) < 4.78 is 10.4. The van der Waals surface area contributed by atoms with E-state index >= 15 is 0 Å². The van der Waals surface area contributed by atoms with Crippen LogP contribution in [0.3, 0.4) is 0 Å². The fourth-order valence-electron chi connectivity index (χ4n) is 1.34. The molecule has 0 aliphatic carbocycles. The summed E-state index contributed by atoms with van der Waals surface area (Å²) >= 11 is 0. The second-order valence-corrected chi connectivity index (χ2v) is 3.25. The predicted octanol–water partition coefficient (Wildman–Crippen LogP) is 0.349. The number of carbonyl (C=O) groups excluding carboxylic acids is 1. The minimum absolute atomic E-state index is 0.267. The number of fused-ring (bicyclic) bond motifs is 1. The molecule has 0 atom stereocenters. The predicted molar refractivity (Wildman–Crippen MR) is 57.0 cm³/mol. The van der Waals surface area contributed by atoms with Crippen LogP contribution < -0.4 is 25.6 Å². The Balaban J connectivity index is 1.88. The van der Waals surface area contributed by atoms with Crippen LogP contribution >= 0.6 is 0 Å². The second-order valence-electron chi connectivity index (χ2n) is 3.25. The third kappa shape index (κ3) is 2.34. The smallest absolute Gasteiger partial charge is 0.328 e. The molecule has 0 fully saturated rings. The van der Waals surface area contributed by atoms with Crippen molar-refractivity contribution in [2.45, 2.75) is 6.54 Å². The fraction of sp³-hybridized carbons (Fsp3) is 0.300. The number of nitrogens with one attached hydrogen (secondary N) is 3. The summed E-state index contributed by atoms with van der Waals surface area (Å²) in [6.07, 6.45) is 0. The van der Waals surface area contributed by atoms with Crippen molar-refractivity contribution in [1.82, 2.24) is 16.2 Å². The molecule has 1 aromatic rings. The first kappa shape index (κ1) is 10.6. The highest BCUT2D eigenvalue weighted by atomic mass is 16.7. The van der Waals surface area contributed by atoms with Crippen molar-refractivity contribution in [2.24, 2.45) is 0 Å². The van der Waals surface area contributed by atoms with Crippen LogP contribution in [0.1, 0.15) is 5.56 Å². The van der Waals surface area contributed by atoms with Crippen molar-refractivity contribution in [3.8, 4) is 11.5 Å². The normalized spacial score (nSPS) is 12.3. The maximum absolute atomic E-state index is 10.9. The molecule has 0 unspecified atom stereocenters. The number of ether oxygens (including phenoxy) is 2. The Morgan fingerprint density at radius 3 is 3.00 bits per heavy atom. The summed E-state index contributed by atoms with van der Waals surface area (Å²) in [6, 6.07) is 5.35. The largest absolute Gasteiger partial charge is 0.454 e. The van der Waals surface area contributed by atoms with E-state index in [9.17, 15) is 4.79 Å². The summed E-state index contributed by atoms with van der Waals surface area (Å²) in [5.74, 6) is 1.49. The van der Waals surface area contributed by atoms with Gasteiger partial charge in [0.15, 0.2) is 11.5 Å². The number of hydrazine groups is 1. The maximum Gasteiger partial charge on any atom is 0.328 e. The zero-order chi connectivity index (χ0) is 11.4. The van der Waals surface area contributed by atoms with Gasteiger partial charge in [-0.05, 0) is 17.7 Å². The molecule has 1 aliphatic rings. The molecule has 6 heteroatoms. The summed E-state index contributed by atoms with van der Waals surface area (Å²) in [5.41, 5.74) is 6.26. The van der Waals surface area contributed by atoms with E-state index in [2.05, 4.69) is 16.2 Å². The van der Waals surface area contributed by atoms with E-state index in [1.165, 1.54) is 0 Å². The van der Waals surface area contributed by atoms with Gasteiger partial charge in [-0.1, -0.05) is 6.07 Å². The SMILES string of the molecule is CNC(=O)NNCc1ccc2c(c1)OCO2. The second kappa shape index (κ2) is 4.71. The first-order valence-corrected chi connectivity index (χ1v) is 4.88. The monoisotopic (exact) mass is 223 g/mol. The number of benzene rings is 1. The van der Waals surface area contributed by atoms with E-state index < -0.39 is 0 Å². The van der Waals surface area contributed by atoms with Crippen molar-refractivity contribution < 1.29 is 14.3 Å². The molecule has 86 valence electrons. The van der Waals surface area contributed by atoms with Gasteiger partial charge < -0.3 is 14.8 Å². The van der Waals surface area contributed by atoms with Gasteiger partial charge in [0.25, 0.3) is 0 Å². The average molecular weight is 223 g/mol. The van der Waals surface area contributed by atoms with Crippen LogP contribution in [0.15, 0.2) is 18.2 Å². The van der Waals surface area contributed by atoms with Crippen LogP contribution in [0, 0.1) is 0 Å². The lowest BCUT2D eigenvalue weighted by Crippen LogP contribution is -2.42. The van der Waals surface area contributed by atoms with Gasteiger partial charge >= 0.3 is 6.03 Å². The van der Waals surface area contributed by atoms with E-state index in [4.69, 9.17) is 9.47 Å². The Bertz CT molecular complexity index is 395. The zero-order valence-electron chi connectivity index (χ0n) is 8.87. The molecule has 2 amide bonds. The molecular weight excluding hydrogens is 210 g/mol. The van der Waals surface area contributed by atoms with E-state index in [1.54, 1.807) is 7.05 Å². The lowest BCUT2D eigenvalue weighted by Gasteiger charge is -2.06. The third-order valence-corrected chi connectivity index (χ3v) is 2.16. The van der Waals surface area contributed by atoms with Crippen molar-refractivity contribution in [3.63, 3.8) is 0 Å². The first-order valence-electron chi connectivity index (χ1n) is 4.88. The maximum atomic E-state index is 10.9. The molecule has 0 bridgehead atoms. The molecule has 3 N–H and O–H groups in total. The molecule has 1 aliphatic heterocycles. The minimum Gasteiger partial charge on any atom is -0.454 e. The number of rotatable bonds is 3. The highest BCUT2D eigenvalue weighted by molar-refractivity contribution is 5.72. The van der Waals surface area contributed by atoms with Crippen LogP contribution in [0.25, 0.3) is 0 Å². The number of carbonyl (C=O) groups is 1. The summed E-state index contributed by atoms with van der Waals surface area (Å²) in [6.45, 7) is 0.784. The summed E-state index contributed by atoms with van der Waals surface area (Å²) in [5, 5.41) is 2.44. The van der Waals surface area contributed by atoms with E-state index in [0.29, 0.717) is 6.54 Å². The van der Waals surface area contributed by atoms with Gasteiger partial charge in [0.2, 0.25) is 6.79 Å². The molecule has 1 heterocycles. The molecule has 0 radical (unpaired) electrons. The molecular formula is C10H13N3O3. The van der Waals surface area contributed by atoms with Crippen LogP contribution in [0.4, 0.5) is 4.79 Å². The van der Waals surface area contributed by atoms with Gasteiger partial charge in [-0.15, -0.1) is 0 Å². The number of amides is 2. The highest BCUT2D eigenvalue weighted by Crippen LogP contribution is 2.32. The average Bonchev–Trinajstić information content (AvgIpc) is 2.76. The number of hydrogen-bond donors (Lipinski definition) is 3. The molecule has 0 saturated heterocycles. The Morgan fingerprint density at radius 1 is 1.38 bits per heavy atom. The minimum atomic E-state index is -0.277. The van der Waals surface area contributed by atoms with Gasteiger partial charge in [0, 0.05) is 13.6 Å². The molecule has 0 saturated carbocycles. The number of urea groups is 1. The van der Waals surface area contributed by atoms with Crippen molar-refractivity contribution >= 4 is 6.03 Å². The van der Waals surface area contributed by atoms with E-state index in [1.807, 2.05) is 18.2 Å². The summed E-state index contributed by atoms with van der Waals surface area (Å²) in [7, 11) is 1.55. The summed E-state index contributed by atoms with van der Waals surface area (Å²) in [4.78, 5) is 10.9. The van der Waals surface area contributed by atoms with Gasteiger partial charge in [-0.25, -0.2) is 10.2 Å². The highest BCUT2D eigenvalue weighted by Gasteiger charge is 2.12. The van der Waals surface area contributed by atoms with Crippen molar-refractivity contribution in [2.75, 3.05) is 13.8 Å². The van der Waals surface area contributed by atoms with E-state index in [-0.39, 0.29) is 12.8 Å². The molecule has 0 aromatic heterocycles. The lowest BCUT2D eigenvalue weighted by atomic mass is 10.2. The van der Waals surface area contributed by atoms with E-state index in [0.717, 1.165) is 17.1 Å².